The first kappa shape index (κ1) is 24.8. The number of thioether (sulfide) groups is 1. The van der Waals surface area contributed by atoms with E-state index in [0.717, 1.165) is 28.4 Å². The van der Waals surface area contributed by atoms with Crippen LogP contribution in [0.4, 0.5) is 8.78 Å². The van der Waals surface area contributed by atoms with Crippen LogP contribution >= 0.6 is 21.0 Å². The van der Waals surface area contributed by atoms with Gasteiger partial charge >= 0.3 is 5.97 Å². The molecular weight excluding hydrogens is 469 g/mol. The lowest BCUT2D eigenvalue weighted by molar-refractivity contribution is -0.147. The SMILES string of the molecule is Cc1cc(C(=O)NCOC(=O)CO)ncc1C(Sc1ccc(P)cc1)c1cc(F)ccc1F. The molecule has 6 nitrogen and oxygen atoms in total. The summed E-state index contributed by atoms with van der Waals surface area (Å²) in [6.07, 6.45) is 1.45. The van der Waals surface area contributed by atoms with Gasteiger partial charge in [0.1, 0.15) is 23.9 Å². The Morgan fingerprint density at radius 1 is 1.15 bits per heavy atom. The molecule has 10 heteroatoms. The van der Waals surface area contributed by atoms with Crippen molar-refractivity contribution in [2.45, 2.75) is 17.1 Å². The lowest BCUT2D eigenvalue weighted by atomic mass is 10.0. The number of aryl methyl sites for hydroxylation is 1. The van der Waals surface area contributed by atoms with Crippen molar-refractivity contribution in [1.29, 1.82) is 0 Å². The number of nitrogens with zero attached hydrogens (tertiary/aromatic N) is 1. The minimum absolute atomic E-state index is 0.0622. The Kier molecular flexibility index (Phi) is 8.49. The van der Waals surface area contributed by atoms with E-state index in [1.165, 1.54) is 24.0 Å². The summed E-state index contributed by atoms with van der Waals surface area (Å²) >= 11 is 1.34. The van der Waals surface area contributed by atoms with E-state index >= 15 is 0 Å². The summed E-state index contributed by atoms with van der Waals surface area (Å²) in [6, 6.07) is 12.4. The maximum absolute atomic E-state index is 14.7. The molecule has 0 bridgehead atoms. The third-order valence-electron chi connectivity index (χ3n) is 4.64. The van der Waals surface area contributed by atoms with Gasteiger partial charge in [-0.15, -0.1) is 21.0 Å². The zero-order chi connectivity index (χ0) is 24.0. The van der Waals surface area contributed by atoms with E-state index in [4.69, 9.17) is 5.11 Å². The van der Waals surface area contributed by atoms with Crippen LogP contribution in [0, 0.1) is 18.6 Å². The van der Waals surface area contributed by atoms with Crippen LogP contribution in [0.1, 0.15) is 32.4 Å². The molecule has 0 saturated carbocycles. The number of aliphatic hydroxyl groups is 1. The summed E-state index contributed by atoms with van der Waals surface area (Å²) in [5.41, 5.74) is 1.48. The summed E-state index contributed by atoms with van der Waals surface area (Å²) < 4.78 is 33.3. The molecule has 172 valence electrons. The van der Waals surface area contributed by atoms with Crippen LogP contribution in [0.5, 0.6) is 0 Å². The van der Waals surface area contributed by atoms with Gasteiger partial charge in [0.05, 0.1) is 5.25 Å². The van der Waals surface area contributed by atoms with Gasteiger partial charge in [0, 0.05) is 16.7 Å². The molecular formula is C23H21F2N2O4PS. The number of amides is 1. The maximum atomic E-state index is 14.7. The van der Waals surface area contributed by atoms with Crippen LogP contribution in [-0.4, -0.2) is 35.3 Å². The van der Waals surface area contributed by atoms with Crippen LogP contribution < -0.4 is 10.6 Å². The van der Waals surface area contributed by atoms with E-state index in [1.54, 1.807) is 6.92 Å². The van der Waals surface area contributed by atoms with E-state index in [1.807, 2.05) is 24.3 Å². The number of esters is 1. The number of aliphatic hydroxyl groups excluding tert-OH is 1. The smallest absolute Gasteiger partial charge is 0.333 e. The minimum atomic E-state index is -0.874. The molecule has 0 spiro atoms. The third kappa shape index (κ3) is 6.57. The van der Waals surface area contributed by atoms with Crippen molar-refractivity contribution in [2.75, 3.05) is 13.3 Å². The first-order chi connectivity index (χ1) is 15.8. The number of pyridine rings is 1. The quantitative estimate of drug-likeness (QED) is 0.218. The average molecular weight is 490 g/mol. The summed E-state index contributed by atoms with van der Waals surface area (Å²) in [5, 5.41) is 11.4. The Labute approximate surface area is 196 Å². The molecule has 2 aromatic carbocycles. The molecule has 2 atom stereocenters. The Hall–Kier alpha value is -2.87. The highest BCUT2D eigenvalue weighted by atomic mass is 32.2. The van der Waals surface area contributed by atoms with E-state index in [2.05, 4.69) is 24.3 Å². The van der Waals surface area contributed by atoms with Gasteiger partial charge in [-0.25, -0.2) is 13.6 Å². The van der Waals surface area contributed by atoms with Crippen molar-refractivity contribution < 1.29 is 28.2 Å². The molecule has 0 aliphatic carbocycles. The van der Waals surface area contributed by atoms with Crippen molar-refractivity contribution in [3.8, 4) is 0 Å². The van der Waals surface area contributed by atoms with Gasteiger partial charge in [-0.3, -0.25) is 9.78 Å². The fourth-order valence-corrected chi connectivity index (χ4v) is 4.42. The zero-order valence-corrected chi connectivity index (χ0v) is 19.5. The second-order valence-corrected chi connectivity index (χ2v) is 8.83. The number of aromatic nitrogens is 1. The van der Waals surface area contributed by atoms with E-state index in [0.29, 0.717) is 11.1 Å². The second-order valence-electron chi connectivity index (χ2n) is 6.98. The molecule has 3 rings (SSSR count). The molecule has 0 fully saturated rings. The van der Waals surface area contributed by atoms with E-state index in [9.17, 15) is 18.4 Å². The standard InChI is InChI=1S/C23H21F2N2O4PS/c1-13-8-20(23(30)27-12-31-21(29)11-28)26-10-18(13)22(17-9-14(24)2-7-19(17)25)33-16-5-3-15(32)4-6-16/h2-10,22,28H,11-12,32H2,1H3,(H,27,30). The second kappa shape index (κ2) is 11.3. The van der Waals surface area contributed by atoms with E-state index < -0.39 is 42.1 Å². The number of hydrogen-bond donors (Lipinski definition) is 2. The van der Waals surface area contributed by atoms with Crippen LogP contribution in [0.15, 0.2) is 59.6 Å². The van der Waals surface area contributed by atoms with Crippen molar-refractivity contribution in [3.63, 3.8) is 0 Å². The lowest BCUT2D eigenvalue weighted by Crippen LogP contribution is -2.29. The van der Waals surface area contributed by atoms with Gasteiger partial charge in [-0.2, -0.15) is 0 Å². The fraction of sp³-hybridized carbons (Fsp3) is 0.174. The highest BCUT2D eigenvalue weighted by Gasteiger charge is 2.23. The van der Waals surface area contributed by atoms with Gasteiger partial charge in [0.25, 0.3) is 5.91 Å². The summed E-state index contributed by atoms with van der Waals surface area (Å²) in [7, 11) is 2.59. The summed E-state index contributed by atoms with van der Waals surface area (Å²) in [4.78, 5) is 28.3. The van der Waals surface area contributed by atoms with Gasteiger partial charge in [0.15, 0.2) is 6.73 Å². The third-order valence-corrected chi connectivity index (χ3v) is 6.31. The molecule has 0 saturated heterocycles. The number of halogens is 2. The highest BCUT2D eigenvalue weighted by Crippen LogP contribution is 2.42. The average Bonchev–Trinajstić information content (AvgIpc) is 2.80. The highest BCUT2D eigenvalue weighted by molar-refractivity contribution is 7.99. The molecule has 0 radical (unpaired) electrons. The fourth-order valence-electron chi connectivity index (χ4n) is 2.98. The summed E-state index contributed by atoms with van der Waals surface area (Å²) in [5.74, 6) is -2.58. The predicted octanol–water partition coefficient (Wildman–Crippen LogP) is 3.27. The van der Waals surface area contributed by atoms with Crippen molar-refractivity contribution >= 4 is 38.2 Å². The molecule has 33 heavy (non-hydrogen) atoms. The van der Waals surface area contributed by atoms with Gasteiger partial charge < -0.3 is 15.2 Å². The number of benzene rings is 2. The number of ether oxygens (including phenoxy) is 1. The van der Waals surface area contributed by atoms with Crippen molar-refractivity contribution in [3.05, 3.63) is 88.7 Å². The Balaban J connectivity index is 1.91. The van der Waals surface area contributed by atoms with Crippen molar-refractivity contribution in [2.24, 2.45) is 0 Å². The molecule has 0 aliphatic rings. The molecule has 1 heterocycles. The minimum Gasteiger partial charge on any atom is -0.443 e. The monoisotopic (exact) mass is 490 g/mol. The van der Waals surface area contributed by atoms with Gasteiger partial charge in [-0.05, 0) is 59.8 Å². The summed E-state index contributed by atoms with van der Waals surface area (Å²) in [6.45, 7) is 0.535. The first-order valence-corrected chi connectivity index (χ1v) is 11.2. The van der Waals surface area contributed by atoms with Crippen LogP contribution in [0.3, 0.4) is 0 Å². The van der Waals surface area contributed by atoms with Crippen LogP contribution in [-0.2, 0) is 9.53 Å². The Morgan fingerprint density at radius 3 is 2.55 bits per heavy atom. The first-order valence-electron chi connectivity index (χ1n) is 9.77. The largest absolute Gasteiger partial charge is 0.443 e. The molecule has 2 unspecified atom stereocenters. The topological polar surface area (TPSA) is 88.5 Å². The lowest BCUT2D eigenvalue weighted by Gasteiger charge is -2.21. The zero-order valence-electron chi connectivity index (χ0n) is 17.5. The number of hydrogen-bond acceptors (Lipinski definition) is 6. The van der Waals surface area contributed by atoms with Gasteiger partial charge in [-0.1, -0.05) is 12.1 Å². The predicted molar refractivity (Wildman–Crippen MR) is 124 cm³/mol. The Morgan fingerprint density at radius 2 is 1.88 bits per heavy atom. The van der Waals surface area contributed by atoms with E-state index in [-0.39, 0.29) is 11.3 Å². The van der Waals surface area contributed by atoms with Gasteiger partial charge in [0.2, 0.25) is 0 Å². The molecule has 0 aliphatic heterocycles. The van der Waals surface area contributed by atoms with Crippen LogP contribution in [0.25, 0.3) is 0 Å². The number of nitrogens with one attached hydrogen (secondary N) is 1. The van der Waals surface area contributed by atoms with Crippen LogP contribution in [0.2, 0.25) is 0 Å². The molecule has 2 N–H and O–H groups in total. The molecule has 1 aromatic heterocycles. The Bertz CT molecular complexity index is 1160. The number of carbonyl (C=O) groups excluding carboxylic acids is 2. The molecule has 3 aromatic rings. The molecule has 1 amide bonds. The van der Waals surface area contributed by atoms with Crippen molar-refractivity contribution in [1.82, 2.24) is 10.3 Å². The number of carbonyl (C=O) groups is 2. The number of rotatable bonds is 8. The maximum Gasteiger partial charge on any atom is 0.333 e. The normalized spacial score (nSPS) is 11.7.